The number of carbonyl (C=O) groups is 2. The molecule has 0 aliphatic carbocycles. The Morgan fingerprint density at radius 1 is 1.33 bits per heavy atom. The maximum atomic E-state index is 11.8. The van der Waals surface area contributed by atoms with Crippen LogP contribution in [0.5, 0.6) is 0 Å². The topological polar surface area (TPSA) is 66.4 Å². The number of carbonyl (C=O) groups excluding carboxylic acids is 1. The Hall–Kier alpha value is -1.20. The number of benzene rings is 1. The molecule has 0 aliphatic heterocycles. The van der Waals surface area contributed by atoms with Crippen molar-refractivity contribution in [3.8, 4) is 0 Å². The number of hydrogen-bond acceptors (Lipinski definition) is 3. The summed E-state index contributed by atoms with van der Waals surface area (Å²) in [6, 6.07) is 6.61. The Morgan fingerprint density at radius 2 is 1.95 bits per heavy atom. The van der Waals surface area contributed by atoms with Crippen LogP contribution in [0.25, 0.3) is 0 Å². The number of thioether (sulfide) groups is 1. The molecule has 1 amide bonds. The van der Waals surface area contributed by atoms with E-state index in [0.717, 1.165) is 5.56 Å². The molecule has 0 unspecified atom stereocenters. The van der Waals surface area contributed by atoms with Crippen molar-refractivity contribution in [3.05, 3.63) is 34.9 Å². The predicted octanol–water partition coefficient (Wildman–Crippen LogP) is 3.19. The van der Waals surface area contributed by atoms with E-state index in [2.05, 4.69) is 5.32 Å². The van der Waals surface area contributed by atoms with Crippen molar-refractivity contribution in [2.75, 3.05) is 5.75 Å². The second-order valence-corrected chi connectivity index (χ2v) is 6.31. The fourth-order valence-electron chi connectivity index (χ4n) is 1.74. The number of halogens is 1. The van der Waals surface area contributed by atoms with Crippen LogP contribution < -0.4 is 5.32 Å². The van der Waals surface area contributed by atoms with Gasteiger partial charge < -0.3 is 10.4 Å². The van der Waals surface area contributed by atoms with Crippen molar-refractivity contribution < 1.29 is 14.7 Å². The number of aliphatic carboxylic acids is 1. The summed E-state index contributed by atoms with van der Waals surface area (Å²) in [6.07, 6.45) is 0.704. The summed E-state index contributed by atoms with van der Waals surface area (Å²) in [7, 11) is 0. The van der Waals surface area contributed by atoms with Crippen LogP contribution in [-0.4, -0.2) is 28.8 Å². The van der Waals surface area contributed by atoms with Gasteiger partial charge in [0.2, 0.25) is 5.91 Å². The van der Waals surface area contributed by atoms with Crippen molar-refractivity contribution in [1.29, 1.82) is 0 Å². The highest BCUT2D eigenvalue weighted by Crippen LogP contribution is 2.15. The van der Waals surface area contributed by atoms with E-state index in [-0.39, 0.29) is 17.6 Å². The van der Waals surface area contributed by atoms with E-state index in [9.17, 15) is 9.59 Å². The summed E-state index contributed by atoms with van der Waals surface area (Å²) >= 11 is 7.25. The lowest BCUT2D eigenvalue weighted by Gasteiger charge is -2.19. The molecule has 0 bridgehead atoms. The third kappa shape index (κ3) is 6.40. The van der Waals surface area contributed by atoms with Gasteiger partial charge in [-0.1, -0.05) is 44.0 Å². The summed E-state index contributed by atoms with van der Waals surface area (Å²) in [6.45, 7) is 3.72. The van der Waals surface area contributed by atoms with Gasteiger partial charge in [-0.2, -0.15) is 0 Å². The molecule has 2 atom stereocenters. The number of hydrogen-bond donors (Lipinski definition) is 2. The summed E-state index contributed by atoms with van der Waals surface area (Å²) in [5.74, 6) is -0.399. The average molecular weight is 330 g/mol. The lowest BCUT2D eigenvalue weighted by molar-refractivity contribution is -0.143. The third-order valence-electron chi connectivity index (χ3n) is 3.21. The lowest BCUT2D eigenvalue weighted by atomic mass is 9.99. The van der Waals surface area contributed by atoms with Crippen LogP contribution in [-0.2, 0) is 15.3 Å². The zero-order valence-electron chi connectivity index (χ0n) is 12.1. The van der Waals surface area contributed by atoms with Gasteiger partial charge in [-0.25, -0.2) is 4.79 Å². The number of carboxylic acid groups (broad SMARTS) is 1. The van der Waals surface area contributed by atoms with E-state index in [0.29, 0.717) is 17.2 Å². The van der Waals surface area contributed by atoms with Gasteiger partial charge in [0.25, 0.3) is 0 Å². The first-order valence-electron chi connectivity index (χ1n) is 6.78. The second kappa shape index (κ2) is 8.95. The summed E-state index contributed by atoms with van der Waals surface area (Å²) in [5.41, 5.74) is 1.08. The Kier molecular flexibility index (Phi) is 7.61. The quantitative estimate of drug-likeness (QED) is 0.768. The fourth-order valence-corrected chi connectivity index (χ4v) is 2.67. The van der Waals surface area contributed by atoms with E-state index >= 15 is 0 Å². The van der Waals surface area contributed by atoms with E-state index in [1.807, 2.05) is 26.0 Å². The molecule has 0 spiro atoms. The molecule has 21 heavy (non-hydrogen) atoms. The lowest BCUT2D eigenvalue weighted by Crippen LogP contribution is -2.45. The molecule has 0 aromatic heterocycles. The Labute approximate surface area is 134 Å². The summed E-state index contributed by atoms with van der Waals surface area (Å²) in [5, 5.41) is 12.4. The van der Waals surface area contributed by atoms with Crippen LogP contribution in [0.3, 0.4) is 0 Å². The number of rotatable bonds is 8. The molecule has 0 radical (unpaired) electrons. The van der Waals surface area contributed by atoms with Crippen molar-refractivity contribution in [2.24, 2.45) is 5.92 Å². The van der Waals surface area contributed by atoms with E-state index in [1.165, 1.54) is 11.8 Å². The van der Waals surface area contributed by atoms with Crippen LogP contribution in [0.15, 0.2) is 24.3 Å². The normalized spacial score (nSPS) is 13.5. The average Bonchev–Trinajstić information content (AvgIpc) is 2.45. The van der Waals surface area contributed by atoms with Gasteiger partial charge in [0.05, 0.1) is 5.75 Å². The molecule has 1 rings (SSSR count). The standard InChI is InChI=1S/C15H20ClNO3S/c1-3-10(2)14(15(19)20)17-13(18)9-21-8-11-4-6-12(16)7-5-11/h4-7,10,14H,3,8-9H2,1-2H3,(H,17,18)(H,19,20)/t10-,14-/m0/s1. The van der Waals surface area contributed by atoms with Crippen molar-refractivity contribution in [1.82, 2.24) is 5.32 Å². The minimum atomic E-state index is -0.986. The van der Waals surface area contributed by atoms with Crippen LogP contribution in [0.2, 0.25) is 5.02 Å². The first-order valence-corrected chi connectivity index (χ1v) is 8.31. The summed E-state index contributed by atoms with van der Waals surface area (Å²) in [4.78, 5) is 22.9. The fraction of sp³-hybridized carbons (Fsp3) is 0.467. The van der Waals surface area contributed by atoms with Gasteiger partial charge in [-0.3, -0.25) is 4.79 Å². The number of amides is 1. The monoisotopic (exact) mass is 329 g/mol. The maximum absolute atomic E-state index is 11.8. The largest absolute Gasteiger partial charge is 0.480 e. The molecular weight excluding hydrogens is 310 g/mol. The van der Waals surface area contributed by atoms with Gasteiger partial charge >= 0.3 is 5.97 Å². The van der Waals surface area contributed by atoms with E-state index in [4.69, 9.17) is 16.7 Å². The van der Waals surface area contributed by atoms with E-state index < -0.39 is 12.0 Å². The van der Waals surface area contributed by atoms with Crippen LogP contribution in [0, 0.1) is 5.92 Å². The minimum Gasteiger partial charge on any atom is -0.480 e. The Bertz CT molecular complexity index is 478. The zero-order chi connectivity index (χ0) is 15.8. The van der Waals surface area contributed by atoms with Gasteiger partial charge in [0, 0.05) is 10.8 Å². The van der Waals surface area contributed by atoms with Gasteiger partial charge in [-0.05, 0) is 23.6 Å². The number of carboxylic acids is 1. The smallest absolute Gasteiger partial charge is 0.326 e. The van der Waals surface area contributed by atoms with Gasteiger partial charge in [0.1, 0.15) is 6.04 Å². The highest BCUT2D eigenvalue weighted by atomic mass is 35.5. The van der Waals surface area contributed by atoms with Crippen LogP contribution in [0.1, 0.15) is 25.8 Å². The third-order valence-corrected chi connectivity index (χ3v) is 4.47. The Morgan fingerprint density at radius 3 is 2.48 bits per heavy atom. The molecule has 1 aromatic carbocycles. The molecule has 4 nitrogen and oxygen atoms in total. The predicted molar refractivity (Wildman–Crippen MR) is 86.6 cm³/mol. The molecule has 116 valence electrons. The molecule has 0 aliphatic rings. The molecular formula is C15H20ClNO3S. The molecule has 6 heteroatoms. The Balaban J connectivity index is 2.39. The van der Waals surface area contributed by atoms with E-state index in [1.54, 1.807) is 12.1 Å². The molecule has 0 saturated heterocycles. The SMILES string of the molecule is CC[C@H](C)[C@H](NC(=O)CSCc1ccc(Cl)cc1)C(=O)O. The van der Waals surface area contributed by atoms with Crippen LogP contribution >= 0.6 is 23.4 Å². The first-order chi connectivity index (χ1) is 9.93. The van der Waals surface area contributed by atoms with Crippen molar-refractivity contribution in [3.63, 3.8) is 0 Å². The van der Waals surface area contributed by atoms with Gasteiger partial charge in [0.15, 0.2) is 0 Å². The van der Waals surface area contributed by atoms with Crippen molar-refractivity contribution in [2.45, 2.75) is 32.1 Å². The minimum absolute atomic E-state index is 0.0901. The highest BCUT2D eigenvalue weighted by Gasteiger charge is 2.24. The summed E-state index contributed by atoms with van der Waals surface area (Å²) < 4.78 is 0. The zero-order valence-corrected chi connectivity index (χ0v) is 13.7. The molecule has 0 fully saturated rings. The first kappa shape index (κ1) is 17.9. The molecule has 0 saturated carbocycles. The van der Waals surface area contributed by atoms with Crippen molar-refractivity contribution >= 4 is 35.2 Å². The second-order valence-electron chi connectivity index (χ2n) is 4.89. The highest BCUT2D eigenvalue weighted by molar-refractivity contribution is 7.99. The van der Waals surface area contributed by atoms with Gasteiger partial charge in [-0.15, -0.1) is 11.8 Å². The number of nitrogens with one attached hydrogen (secondary N) is 1. The molecule has 0 heterocycles. The molecule has 1 aromatic rings. The molecule has 2 N–H and O–H groups in total. The maximum Gasteiger partial charge on any atom is 0.326 e. The van der Waals surface area contributed by atoms with Crippen LogP contribution in [0.4, 0.5) is 0 Å².